The number of ether oxygens (including phenoxy) is 1. The van der Waals surface area contributed by atoms with Crippen LogP contribution in [0.3, 0.4) is 0 Å². The molecule has 1 fully saturated rings. The summed E-state index contributed by atoms with van der Waals surface area (Å²) in [5.74, 6) is 1.10. The molecule has 2 N–H and O–H groups in total. The zero-order valence-corrected chi connectivity index (χ0v) is 10.9. The molecule has 1 aliphatic heterocycles. The molecule has 1 aromatic carbocycles. The maximum absolute atomic E-state index is 5.85. The van der Waals surface area contributed by atoms with Crippen molar-refractivity contribution in [1.82, 2.24) is 0 Å². The Balaban J connectivity index is 0.00000108. The van der Waals surface area contributed by atoms with E-state index < -0.39 is 0 Å². The highest BCUT2D eigenvalue weighted by atomic mass is 35.5. The van der Waals surface area contributed by atoms with Gasteiger partial charge in [0.15, 0.2) is 0 Å². The van der Waals surface area contributed by atoms with Crippen LogP contribution in [0.25, 0.3) is 0 Å². The second-order valence-electron chi connectivity index (χ2n) is 5.16. The number of fused-ring (bicyclic) bond motifs is 2. The predicted molar refractivity (Wildman–Crippen MR) is 71.8 cm³/mol. The van der Waals surface area contributed by atoms with Crippen LogP contribution in [0.1, 0.15) is 43.2 Å². The standard InChI is InChI=1S/C14H19NO.ClH/c15-9-11-4-5-13-12(8-11)14(10-16-13)6-2-1-3-7-14;/h4-5,8H,1-3,6-7,9-10,15H2;1H. The van der Waals surface area contributed by atoms with Gasteiger partial charge in [-0.05, 0) is 24.5 Å². The largest absolute Gasteiger partial charge is 0.492 e. The molecule has 0 amide bonds. The maximum Gasteiger partial charge on any atom is 0.123 e. The lowest BCUT2D eigenvalue weighted by molar-refractivity contribution is 0.212. The molecule has 0 saturated heterocycles. The Morgan fingerprint density at radius 3 is 2.65 bits per heavy atom. The normalized spacial score (nSPS) is 20.5. The summed E-state index contributed by atoms with van der Waals surface area (Å²) in [4.78, 5) is 0. The second-order valence-corrected chi connectivity index (χ2v) is 5.16. The summed E-state index contributed by atoms with van der Waals surface area (Å²) in [6.45, 7) is 1.51. The van der Waals surface area contributed by atoms with E-state index in [1.54, 1.807) is 0 Å². The highest BCUT2D eigenvalue weighted by Crippen LogP contribution is 2.47. The highest BCUT2D eigenvalue weighted by molar-refractivity contribution is 5.85. The number of hydrogen-bond donors (Lipinski definition) is 1. The van der Waals surface area contributed by atoms with Gasteiger partial charge in [0.1, 0.15) is 5.75 Å². The lowest BCUT2D eigenvalue weighted by Gasteiger charge is -2.32. The van der Waals surface area contributed by atoms with Gasteiger partial charge in [-0.25, -0.2) is 0 Å². The van der Waals surface area contributed by atoms with E-state index in [-0.39, 0.29) is 12.4 Å². The molecule has 1 saturated carbocycles. The topological polar surface area (TPSA) is 35.2 Å². The predicted octanol–water partition coefficient (Wildman–Crippen LogP) is 3.16. The zero-order chi connectivity index (χ0) is 11.0. The summed E-state index contributed by atoms with van der Waals surface area (Å²) in [6.07, 6.45) is 6.64. The Labute approximate surface area is 109 Å². The van der Waals surface area contributed by atoms with Crippen LogP contribution >= 0.6 is 12.4 Å². The number of halogens is 1. The van der Waals surface area contributed by atoms with Gasteiger partial charge >= 0.3 is 0 Å². The van der Waals surface area contributed by atoms with Crippen LogP contribution in [0.4, 0.5) is 0 Å². The van der Waals surface area contributed by atoms with E-state index in [9.17, 15) is 0 Å². The lowest BCUT2D eigenvalue weighted by atomic mass is 9.70. The molecule has 1 aromatic rings. The second kappa shape index (κ2) is 4.87. The van der Waals surface area contributed by atoms with E-state index in [0.29, 0.717) is 12.0 Å². The molecule has 0 aromatic heterocycles. The molecule has 1 heterocycles. The van der Waals surface area contributed by atoms with Gasteiger partial charge < -0.3 is 10.5 Å². The Kier molecular flexibility index (Phi) is 3.64. The van der Waals surface area contributed by atoms with Crippen LogP contribution in [0, 0.1) is 0 Å². The van der Waals surface area contributed by atoms with Gasteiger partial charge in [-0.1, -0.05) is 31.4 Å². The summed E-state index contributed by atoms with van der Waals surface area (Å²) in [5, 5.41) is 0. The van der Waals surface area contributed by atoms with Crippen molar-refractivity contribution in [3.8, 4) is 5.75 Å². The van der Waals surface area contributed by atoms with Gasteiger partial charge in [-0.15, -0.1) is 12.4 Å². The van der Waals surface area contributed by atoms with E-state index in [1.165, 1.54) is 43.2 Å². The lowest BCUT2D eigenvalue weighted by Crippen LogP contribution is -2.30. The summed E-state index contributed by atoms with van der Waals surface area (Å²) in [5.41, 5.74) is 8.70. The third kappa shape index (κ3) is 2.04. The first kappa shape index (κ1) is 12.7. The number of nitrogens with two attached hydrogens (primary N) is 1. The minimum atomic E-state index is 0. The maximum atomic E-state index is 5.85. The summed E-state index contributed by atoms with van der Waals surface area (Å²) in [7, 11) is 0. The van der Waals surface area contributed by atoms with Crippen molar-refractivity contribution in [2.45, 2.75) is 44.1 Å². The third-order valence-corrected chi connectivity index (χ3v) is 4.17. The van der Waals surface area contributed by atoms with Crippen molar-refractivity contribution in [2.24, 2.45) is 5.73 Å². The molecule has 2 aliphatic rings. The molecule has 0 unspecified atom stereocenters. The van der Waals surface area contributed by atoms with Crippen LogP contribution in [0.5, 0.6) is 5.75 Å². The van der Waals surface area contributed by atoms with Gasteiger partial charge in [0.25, 0.3) is 0 Å². The molecule has 17 heavy (non-hydrogen) atoms. The van der Waals surface area contributed by atoms with Crippen molar-refractivity contribution >= 4 is 12.4 Å². The number of hydrogen-bond acceptors (Lipinski definition) is 2. The van der Waals surface area contributed by atoms with Crippen LogP contribution in [0.15, 0.2) is 18.2 Å². The van der Waals surface area contributed by atoms with E-state index in [4.69, 9.17) is 10.5 Å². The molecule has 0 radical (unpaired) electrons. The van der Waals surface area contributed by atoms with Crippen LogP contribution in [-0.4, -0.2) is 6.61 Å². The first-order valence-electron chi connectivity index (χ1n) is 6.30. The fraction of sp³-hybridized carbons (Fsp3) is 0.571. The van der Waals surface area contributed by atoms with Crippen molar-refractivity contribution < 1.29 is 4.74 Å². The summed E-state index contributed by atoms with van der Waals surface area (Å²) < 4.78 is 5.85. The van der Waals surface area contributed by atoms with E-state index in [1.807, 2.05) is 0 Å². The Bertz CT molecular complexity index is 394. The Hall–Kier alpha value is -0.730. The Morgan fingerprint density at radius 2 is 1.94 bits per heavy atom. The van der Waals surface area contributed by atoms with Gasteiger partial charge in [-0.3, -0.25) is 0 Å². The van der Waals surface area contributed by atoms with Crippen molar-refractivity contribution in [3.63, 3.8) is 0 Å². The molecule has 3 heteroatoms. The average Bonchev–Trinajstić information content (AvgIpc) is 2.69. The van der Waals surface area contributed by atoms with E-state index >= 15 is 0 Å². The molecule has 94 valence electrons. The van der Waals surface area contributed by atoms with E-state index in [2.05, 4.69) is 18.2 Å². The zero-order valence-electron chi connectivity index (χ0n) is 10.1. The van der Waals surface area contributed by atoms with Crippen molar-refractivity contribution in [2.75, 3.05) is 6.61 Å². The smallest absolute Gasteiger partial charge is 0.123 e. The van der Waals surface area contributed by atoms with Gasteiger partial charge in [-0.2, -0.15) is 0 Å². The van der Waals surface area contributed by atoms with Crippen molar-refractivity contribution in [1.29, 1.82) is 0 Å². The quantitative estimate of drug-likeness (QED) is 0.835. The fourth-order valence-corrected chi connectivity index (χ4v) is 3.18. The molecule has 3 rings (SSSR count). The highest BCUT2D eigenvalue weighted by Gasteiger charge is 2.41. The minimum absolute atomic E-state index is 0. The Morgan fingerprint density at radius 1 is 1.18 bits per heavy atom. The minimum Gasteiger partial charge on any atom is -0.492 e. The number of rotatable bonds is 1. The molecule has 0 bridgehead atoms. The molecular weight excluding hydrogens is 234 g/mol. The van der Waals surface area contributed by atoms with Crippen LogP contribution in [0.2, 0.25) is 0 Å². The van der Waals surface area contributed by atoms with E-state index in [0.717, 1.165) is 12.4 Å². The molecule has 0 atom stereocenters. The summed E-state index contributed by atoms with van der Waals surface area (Å²) in [6, 6.07) is 6.45. The monoisotopic (exact) mass is 253 g/mol. The average molecular weight is 254 g/mol. The third-order valence-electron chi connectivity index (χ3n) is 4.17. The molecule has 2 nitrogen and oxygen atoms in total. The molecule has 1 aliphatic carbocycles. The van der Waals surface area contributed by atoms with Gasteiger partial charge in [0, 0.05) is 17.5 Å². The van der Waals surface area contributed by atoms with Crippen LogP contribution in [-0.2, 0) is 12.0 Å². The summed E-state index contributed by atoms with van der Waals surface area (Å²) >= 11 is 0. The number of benzene rings is 1. The van der Waals surface area contributed by atoms with Gasteiger partial charge in [0.2, 0.25) is 0 Å². The van der Waals surface area contributed by atoms with Gasteiger partial charge in [0.05, 0.1) is 6.61 Å². The fourth-order valence-electron chi connectivity index (χ4n) is 3.18. The SMILES string of the molecule is Cl.NCc1ccc2c(c1)C1(CCCCC1)CO2. The first-order chi connectivity index (χ1) is 7.84. The van der Waals surface area contributed by atoms with Crippen molar-refractivity contribution in [3.05, 3.63) is 29.3 Å². The van der Waals surface area contributed by atoms with Crippen LogP contribution < -0.4 is 10.5 Å². The molecular formula is C14H20ClNO. The molecule has 1 spiro atoms. The first-order valence-corrected chi connectivity index (χ1v) is 6.30.